The SMILES string of the molecule is CCC(C)n1cc(C=NNC(=O)c2cccnc2Cl)c2ccccc21. The summed E-state index contributed by atoms with van der Waals surface area (Å²) in [6.45, 7) is 4.34. The van der Waals surface area contributed by atoms with Gasteiger partial charge in [0, 0.05) is 34.9 Å². The molecule has 0 bridgehead atoms. The number of halogens is 1. The molecule has 1 aromatic carbocycles. The summed E-state index contributed by atoms with van der Waals surface area (Å²) in [5.41, 5.74) is 4.90. The first-order chi connectivity index (χ1) is 12.1. The van der Waals surface area contributed by atoms with Crippen molar-refractivity contribution in [1.82, 2.24) is 15.0 Å². The highest BCUT2D eigenvalue weighted by Crippen LogP contribution is 2.24. The summed E-state index contributed by atoms with van der Waals surface area (Å²) in [4.78, 5) is 16.0. The third-order valence-electron chi connectivity index (χ3n) is 4.21. The second-order valence-corrected chi connectivity index (χ2v) is 6.17. The molecule has 25 heavy (non-hydrogen) atoms. The van der Waals surface area contributed by atoms with Crippen LogP contribution in [0.5, 0.6) is 0 Å². The minimum atomic E-state index is -0.389. The summed E-state index contributed by atoms with van der Waals surface area (Å²) in [6.07, 6.45) is 6.28. The quantitative estimate of drug-likeness (QED) is 0.418. The largest absolute Gasteiger partial charge is 0.344 e. The minimum absolute atomic E-state index is 0.156. The first-order valence-corrected chi connectivity index (χ1v) is 8.53. The predicted molar refractivity (Wildman–Crippen MR) is 101 cm³/mol. The highest BCUT2D eigenvalue weighted by atomic mass is 35.5. The van der Waals surface area contributed by atoms with Gasteiger partial charge in [0.2, 0.25) is 0 Å². The molecule has 1 unspecified atom stereocenters. The lowest BCUT2D eigenvalue weighted by molar-refractivity contribution is 0.0955. The molecule has 3 aromatic rings. The van der Waals surface area contributed by atoms with E-state index in [1.54, 1.807) is 18.3 Å². The van der Waals surface area contributed by atoms with Crippen LogP contribution in [-0.2, 0) is 0 Å². The standard InChI is InChI=1S/C19H19ClN4O/c1-3-13(2)24-12-14(15-7-4-5-9-17(15)24)11-22-23-19(25)16-8-6-10-21-18(16)20/h4-13H,3H2,1-2H3,(H,23,25). The van der Waals surface area contributed by atoms with Crippen molar-refractivity contribution in [1.29, 1.82) is 0 Å². The first kappa shape index (κ1) is 17.2. The van der Waals surface area contributed by atoms with Crippen molar-refractivity contribution in [2.24, 2.45) is 5.10 Å². The van der Waals surface area contributed by atoms with Crippen molar-refractivity contribution in [3.63, 3.8) is 0 Å². The van der Waals surface area contributed by atoms with Gasteiger partial charge in [-0.05, 0) is 31.5 Å². The molecule has 0 aliphatic carbocycles. The Labute approximate surface area is 151 Å². The maximum atomic E-state index is 12.1. The van der Waals surface area contributed by atoms with Crippen LogP contribution < -0.4 is 5.43 Å². The number of hydrazone groups is 1. The maximum Gasteiger partial charge on any atom is 0.274 e. The fourth-order valence-corrected chi connectivity index (χ4v) is 2.88. The van der Waals surface area contributed by atoms with Crippen molar-refractivity contribution in [2.45, 2.75) is 26.3 Å². The molecule has 0 saturated heterocycles. The van der Waals surface area contributed by atoms with Gasteiger partial charge < -0.3 is 4.57 Å². The third-order valence-corrected chi connectivity index (χ3v) is 4.51. The average Bonchev–Trinajstić information content (AvgIpc) is 3.00. The fourth-order valence-electron chi connectivity index (χ4n) is 2.67. The molecule has 0 aliphatic rings. The molecule has 0 aliphatic heterocycles. The van der Waals surface area contributed by atoms with E-state index in [1.807, 2.05) is 12.1 Å². The van der Waals surface area contributed by atoms with E-state index in [0.29, 0.717) is 11.6 Å². The van der Waals surface area contributed by atoms with E-state index >= 15 is 0 Å². The van der Waals surface area contributed by atoms with Gasteiger partial charge in [-0.3, -0.25) is 4.79 Å². The Morgan fingerprint density at radius 2 is 2.16 bits per heavy atom. The molecule has 128 valence electrons. The smallest absolute Gasteiger partial charge is 0.274 e. The van der Waals surface area contributed by atoms with Crippen molar-refractivity contribution >= 4 is 34.6 Å². The summed E-state index contributed by atoms with van der Waals surface area (Å²) in [5, 5.41) is 5.34. The van der Waals surface area contributed by atoms with E-state index in [9.17, 15) is 4.79 Å². The Balaban J connectivity index is 1.84. The lowest BCUT2D eigenvalue weighted by Crippen LogP contribution is -2.18. The Morgan fingerprint density at radius 1 is 1.36 bits per heavy atom. The molecule has 1 N–H and O–H groups in total. The van der Waals surface area contributed by atoms with E-state index in [1.165, 1.54) is 6.20 Å². The minimum Gasteiger partial charge on any atom is -0.344 e. The number of para-hydroxylation sites is 1. The average molecular weight is 355 g/mol. The number of nitrogens with zero attached hydrogens (tertiary/aromatic N) is 3. The molecule has 2 heterocycles. The summed E-state index contributed by atoms with van der Waals surface area (Å²) in [5.74, 6) is -0.389. The first-order valence-electron chi connectivity index (χ1n) is 8.15. The van der Waals surface area contributed by atoms with Crippen LogP contribution in [0.1, 0.15) is 42.2 Å². The highest BCUT2D eigenvalue weighted by molar-refractivity contribution is 6.32. The number of fused-ring (bicyclic) bond motifs is 1. The monoisotopic (exact) mass is 354 g/mol. The number of hydrogen-bond acceptors (Lipinski definition) is 3. The van der Waals surface area contributed by atoms with Gasteiger partial charge in [-0.25, -0.2) is 10.4 Å². The number of amides is 1. The van der Waals surface area contributed by atoms with Gasteiger partial charge in [-0.1, -0.05) is 36.7 Å². The maximum absolute atomic E-state index is 12.1. The Kier molecular flexibility index (Phi) is 5.14. The number of pyridine rings is 1. The Bertz CT molecular complexity index is 932. The normalized spacial score (nSPS) is 12.6. The Hall–Kier alpha value is -2.66. The zero-order chi connectivity index (χ0) is 17.8. The second kappa shape index (κ2) is 7.49. The molecule has 6 heteroatoms. The summed E-state index contributed by atoms with van der Waals surface area (Å²) >= 11 is 5.92. The van der Waals surface area contributed by atoms with E-state index in [2.05, 4.69) is 52.3 Å². The van der Waals surface area contributed by atoms with Crippen LogP contribution in [0.15, 0.2) is 53.9 Å². The van der Waals surface area contributed by atoms with Gasteiger partial charge in [0.25, 0.3) is 5.91 Å². The van der Waals surface area contributed by atoms with Crippen molar-refractivity contribution in [2.75, 3.05) is 0 Å². The second-order valence-electron chi connectivity index (χ2n) is 5.81. The molecule has 0 fully saturated rings. The van der Waals surface area contributed by atoms with Crippen molar-refractivity contribution in [3.05, 3.63) is 65.1 Å². The summed E-state index contributed by atoms with van der Waals surface area (Å²) in [7, 11) is 0. The van der Waals surface area contributed by atoms with Gasteiger partial charge in [-0.2, -0.15) is 5.10 Å². The molecule has 0 radical (unpaired) electrons. The van der Waals surface area contributed by atoms with E-state index in [-0.39, 0.29) is 11.1 Å². The molecule has 0 saturated carbocycles. The van der Waals surface area contributed by atoms with Crippen LogP contribution in [0.2, 0.25) is 5.15 Å². The van der Waals surface area contributed by atoms with Crippen molar-refractivity contribution < 1.29 is 4.79 Å². The van der Waals surface area contributed by atoms with E-state index < -0.39 is 0 Å². The summed E-state index contributed by atoms with van der Waals surface area (Å²) in [6, 6.07) is 11.8. The van der Waals surface area contributed by atoms with Crippen LogP contribution in [-0.4, -0.2) is 21.7 Å². The number of aromatic nitrogens is 2. The van der Waals surface area contributed by atoms with Crippen LogP contribution in [0.4, 0.5) is 0 Å². The lowest BCUT2D eigenvalue weighted by atomic mass is 10.2. The number of hydrogen-bond donors (Lipinski definition) is 1. The van der Waals surface area contributed by atoms with Gasteiger partial charge in [0.05, 0.1) is 11.8 Å². The molecular formula is C19H19ClN4O. The third kappa shape index (κ3) is 3.56. The highest BCUT2D eigenvalue weighted by Gasteiger charge is 2.11. The molecule has 2 aromatic heterocycles. The van der Waals surface area contributed by atoms with Crippen molar-refractivity contribution in [3.8, 4) is 0 Å². The zero-order valence-electron chi connectivity index (χ0n) is 14.1. The van der Waals surface area contributed by atoms with Gasteiger partial charge in [0.1, 0.15) is 5.15 Å². The van der Waals surface area contributed by atoms with E-state index in [4.69, 9.17) is 11.6 Å². The van der Waals surface area contributed by atoms with Crippen LogP contribution in [0.3, 0.4) is 0 Å². The molecule has 3 rings (SSSR count). The van der Waals surface area contributed by atoms with Crippen LogP contribution in [0.25, 0.3) is 10.9 Å². The van der Waals surface area contributed by atoms with Gasteiger partial charge in [-0.15, -0.1) is 0 Å². The molecule has 5 nitrogen and oxygen atoms in total. The van der Waals surface area contributed by atoms with E-state index in [0.717, 1.165) is 22.9 Å². The fraction of sp³-hybridized carbons (Fsp3) is 0.211. The molecule has 0 spiro atoms. The summed E-state index contributed by atoms with van der Waals surface area (Å²) < 4.78 is 2.23. The van der Waals surface area contributed by atoms with Gasteiger partial charge in [0.15, 0.2) is 0 Å². The zero-order valence-corrected chi connectivity index (χ0v) is 14.9. The van der Waals surface area contributed by atoms with Crippen LogP contribution >= 0.6 is 11.6 Å². The Morgan fingerprint density at radius 3 is 2.92 bits per heavy atom. The predicted octanol–water partition coefficient (Wildman–Crippen LogP) is 4.42. The topological polar surface area (TPSA) is 59.3 Å². The number of carbonyl (C=O) groups is 1. The number of carbonyl (C=O) groups excluding carboxylic acids is 1. The number of benzene rings is 1. The van der Waals surface area contributed by atoms with Gasteiger partial charge >= 0.3 is 0 Å². The molecule has 1 amide bonds. The number of rotatable bonds is 5. The van der Waals surface area contributed by atoms with Crippen LogP contribution in [0, 0.1) is 0 Å². The number of nitrogens with one attached hydrogen (secondary N) is 1. The lowest BCUT2D eigenvalue weighted by Gasteiger charge is -2.12. The molecule has 1 atom stereocenters. The molecular weight excluding hydrogens is 336 g/mol.